The van der Waals surface area contributed by atoms with E-state index in [-0.39, 0.29) is 12.2 Å². The zero-order valence-corrected chi connectivity index (χ0v) is 18.7. The molecule has 0 radical (unpaired) electrons. The summed E-state index contributed by atoms with van der Waals surface area (Å²) in [6, 6.07) is 8.24. The van der Waals surface area contributed by atoms with Gasteiger partial charge in [-0.15, -0.1) is 0 Å². The maximum atomic E-state index is 13.7. The quantitative estimate of drug-likeness (QED) is 0.638. The number of nitrogens with zero attached hydrogens (tertiary/aromatic N) is 2. The molecule has 0 heterocycles. The fourth-order valence-electron chi connectivity index (χ4n) is 2.86. The standard InChI is InChI=1S/C20H22ClF2N3O4S/c1-13(20(28)24-2)25(11-14-6-4-5-7-16(14)21)19(27)12-26(31(3,29)30)15-8-9-17(22)18(23)10-15/h4-10,13H,11-12H2,1-3H3,(H,24,28)/t13-/m0/s1. The van der Waals surface area contributed by atoms with E-state index in [1.165, 1.54) is 14.0 Å². The molecule has 168 valence electrons. The van der Waals surface area contributed by atoms with Gasteiger partial charge < -0.3 is 10.2 Å². The van der Waals surface area contributed by atoms with Crippen LogP contribution < -0.4 is 9.62 Å². The summed E-state index contributed by atoms with van der Waals surface area (Å²) in [5, 5.41) is 2.81. The van der Waals surface area contributed by atoms with Gasteiger partial charge in [0.05, 0.1) is 11.9 Å². The molecular formula is C20H22ClF2N3O4S. The van der Waals surface area contributed by atoms with Gasteiger partial charge in [0.1, 0.15) is 12.6 Å². The molecule has 2 rings (SSSR count). The molecule has 1 N–H and O–H groups in total. The lowest BCUT2D eigenvalue weighted by Gasteiger charge is -2.31. The number of nitrogens with one attached hydrogen (secondary N) is 1. The van der Waals surface area contributed by atoms with E-state index in [2.05, 4.69) is 5.32 Å². The third-order valence-electron chi connectivity index (χ3n) is 4.58. The SMILES string of the molecule is CNC(=O)[C@H](C)N(Cc1ccccc1Cl)C(=O)CN(c1ccc(F)c(F)c1)S(C)(=O)=O. The van der Waals surface area contributed by atoms with E-state index in [1.54, 1.807) is 24.3 Å². The van der Waals surface area contributed by atoms with Crippen molar-refractivity contribution in [3.8, 4) is 0 Å². The molecule has 0 aliphatic heterocycles. The molecule has 2 amide bonds. The minimum atomic E-state index is -4.04. The second-order valence-electron chi connectivity index (χ2n) is 6.77. The van der Waals surface area contributed by atoms with Crippen LogP contribution in [0.1, 0.15) is 12.5 Å². The monoisotopic (exact) mass is 473 g/mol. The number of hydrogen-bond acceptors (Lipinski definition) is 4. The fourth-order valence-corrected chi connectivity index (χ4v) is 3.89. The number of halogens is 3. The van der Waals surface area contributed by atoms with Crippen LogP contribution in [0.15, 0.2) is 42.5 Å². The van der Waals surface area contributed by atoms with Gasteiger partial charge in [0.2, 0.25) is 21.8 Å². The molecule has 0 saturated carbocycles. The van der Waals surface area contributed by atoms with Crippen molar-refractivity contribution in [1.29, 1.82) is 0 Å². The van der Waals surface area contributed by atoms with Crippen molar-refractivity contribution in [3.63, 3.8) is 0 Å². The molecule has 31 heavy (non-hydrogen) atoms. The van der Waals surface area contributed by atoms with Crippen LogP contribution in [0.5, 0.6) is 0 Å². The molecule has 7 nitrogen and oxygen atoms in total. The Morgan fingerprint density at radius 1 is 1.13 bits per heavy atom. The smallest absolute Gasteiger partial charge is 0.244 e. The van der Waals surface area contributed by atoms with E-state index in [4.69, 9.17) is 11.6 Å². The van der Waals surface area contributed by atoms with Gasteiger partial charge in [0.25, 0.3) is 0 Å². The maximum absolute atomic E-state index is 13.7. The molecule has 11 heteroatoms. The summed E-state index contributed by atoms with van der Waals surface area (Å²) in [5.74, 6) is -3.62. The molecule has 0 aliphatic rings. The lowest BCUT2D eigenvalue weighted by molar-refractivity contribution is -0.139. The van der Waals surface area contributed by atoms with E-state index in [9.17, 15) is 26.8 Å². The Hall–Kier alpha value is -2.72. The van der Waals surface area contributed by atoms with Gasteiger partial charge in [-0.25, -0.2) is 17.2 Å². The van der Waals surface area contributed by atoms with Crippen LogP contribution >= 0.6 is 11.6 Å². The molecule has 0 unspecified atom stereocenters. The molecule has 0 aliphatic carbocycles. The number of rotatable bonds is 8. The Kier molecular flexibility index (Phi) is 7.96. The summed E-state index contributed by atoms with van der Waals surface area (Å²) in [5.41, 5.74) is 0.326. The summed E-state index contributed by atoms with van der Waals surface area (Å²) < 4.78 is 52.2. The molecule has 0 spiro atoms. The number of hydrogen-bond donors (Lipinski definition) is 1. The molecule has 0 bridgehead atoms. The predicted octanol–water partition coefficient (Wildman–Crippen LogP) is 2.55. The molecule has 1 atom stereocenters. The summed E-state index contributed by atoms with van der Waals surface area (Å²) in [4.78, 5) is 26.5. The highest BCUT2D eigenvalue weighted by Crippen LogP contribution is 2.23. The van der Waals surface area contributed by atoms with Crippen molar-refractivity contribution in [3.05, 3.63) is 64.7 Å². The molecule has 0 saturated heterocycles. The highest BCUT2D eigenvalue weighted by molar-refractivity contribution is 7.92. The number of carbonyl (C=O) groups is 2. The zero-order valence-electron chi connectivity index (χ0n) is 17.1. The average molecular weight is 474 g/mol. The third-order valence-corrected chi connectivity index (χ3v) is 6.09. The van der Waals surface area contributed by atoms with E-state index < -0.39 is 46.1 Å². The van der Waals surface area contributed by atoms with Crippen molar-refractivity contribution >= 4 is 39.1 Å². The number of benzene rings is 2. The Bertz CT molecular complexity index is 1080. The Morgan fingerprint density at radius 3 is 2.32 bits per heavy atom. The Labute approximate surface area is 184 Å². The van der Waals surface area contributed by atoms with Gasteiger partial charge in [-0.1, -0.05) is 29.8 Å². The molecule has 0 fully saturated rings. The van der Waals surface area contributed by atoms with Crippen LogP contribution in [-0.4, -0.2) is 51.0 Å². The van der Waals surface area contributed by atoms with E-state index in [0.29, 0.717) is 21.0 Å². The number of sulfonamides is 1. The van der Waals surface area contributed by atoms with Gasteiger partial charge in [0.15, 0.2) is 11.6 Å². The van der Waals surface area contributed by atoms with Crippen molar-refractivity contribution in [2.75, 3.05) is 24.2 Å². The molecular weight excluding hydrogens is 452 g/mol. The number of likely N-dealkylation sites (N-methyl/N-ethyl adjacent to an activating group) is 1. The second-order valence-corrected chi connectivity index (χ2v) is 9.09. The van der Waals surface area contributed by atoms with Crippen LogP contribution in [-0.2, 0) is 26.2 Å². The minimum absolute atomic E-state index is 0.0670. The first-order valence-electron chi connectivity index (χ1n) is 9.13. The topological polar surface area (TPSA) is 86.8 Å². The summed E-state index contributed by atoms with van der Waals surface area (Å²) in [6.45, 7) is 0.689. The van der Waals surface area contributed by atoms with E-state index in [1.807, 2.05) is 0 Å². The van der Waals surface area contributed by atoms with Crippen molar-refractivity contribution in [2.45, 2.75) is 19.5 Å². The fraction of sp³-hybridized carbons (Fsp3) is 0.300. The summed E-state index contributed by atoms with van der Waals surface area (Å²) in [6.07, 6.45) is 0.835. The van der Waals surface area contributed by atoms with Crippen molar-refractivity contribution in [1.82, 2.24) is 10.2 Å². The lowest BCUT2D eigenvalue weighted by Crippen LogP contribution is -2.50. The number of carbonyl (C=O) groups excluding carboxylic acids is 2. The van der Waals surface area contributed by atoms with Crippen LogP contribution in [0.3, 0.4) is 0 Å². The first-order valence-corrected chi connectivity index (χ1v) is 11.4. The zero-order chi connectivity index (χ0) is 23.3. The van der Waals surface area contributed by atoms with Crippen molar-refractivity contribution in [2.24, 2.45) is 0 Å². The number of amides is 2. The Balaban J connectivity index is 2.42. The van der Waals surface area contributed by atoms with Crippen LogP contribution in [0.25, 0.3) is 0 Å². The van der Waals surface area contributed by atoms with E-state index in [0.717, 1.165) is 23.3 Å². The van der Waals surface area contributed by atoms with Crippen molar-refractivity contribution < 1.29 is 26.8 Å². The van der Waals surface area contributed by atoms with Gasteiger partial charge >= 0.3 is 0 Å². The lowest BCUT2D eigenvalue weighted by atomic mass is 10.1. The van der Waals surface area contributed by atoms with Crippen LogP contribution in [0.2, 0.25) is 5.02 Å². The largest absolute Gasteiger partial charge is 0.357 e. The first-order chi connectivity index (χ1) is 14.5. The summed E-state index contributed by atoms with van der Waals surface area (Å²) in [7, 11) is -2.63. The third kappa shape index (κ3) is 6.14. The maximum Gasteiger partial charge on any atom is 0.244 e. The summed E-state index contributed by atoms with van der Waals surface area (Å²) >= 11 is 6.18. The van der Waals surface area contributed by atoms with Gasteiger partial charge in [-0.2, -0.15) is 0 Å². The predicted molar refractivity (Wildman–Crippen MR) is 114 cm³/mol. The first kappa shape index (κ1) is 24.5. The molecule has 2 aromatic rings. The highest BCUT2D eigenvalue weighted by atomic mass is 35.5. The minimum Gasteiger partial charge on any atom is -0.357 e. The normalized spacial score (nSPS) is 12.2. The second kappa shape index (κ2) is 10.1. The average Bonchev–Trinajstić information content (AvgIpc) is 2.71. The highest BCUT2D eigenvalue weighted by Gasteiger charge is 2.30. The van der Waals surface area contributed by atoms with Gasteiger partial charge in [-0.05, 0) is 30.7 Å². The molecule has 2 aromatic carbocycles. The Morgan fingerprint density at radius 2 is 1.77 bits per heavy atom. The van der Waals surface area contributed by atoms with Crippen LogP contribution in [0.4, 0.5) is 14.5 Å². The number of anilines is 1. The van der Waals surface area contributed by atoms with Gasteiger partial charge in [0, 0.05) is 24.7 Å². The van der Waals surface area contributed by atoms with E-state index >= 15 is 0 Å². The van der Waals surface area contributed by atoms with Gasteiger partial charge in [-0.3, -0.25) is 13.9 Å². The van der Waals surface area contributed by atoms with Crippen LogP contribution in [0, 0.1) is 11.6 Å². The molecule has 0 aromatic heterocycles.